The van der Waals surface area contributed by atoms with Crippen molar-refractivity contribution in [2.75, 3.05) is 31.6 Å². The van der Waals surface area contributed by atoms with Gasteiger partial charge in [0.15, 0.2) is 11.0 Å². The first-order valence-corrected chi connectivity index (χ1v) is 15.5. The third kappa shape index (κ3) is 5.51. The highest BCUT2D eigenvalue weighted by atomic mass is 32.2. The fourth-order valence-electron chi connectivity index (χ4n) is 4.69. The molecule has 1 aliphatic rings. The predicted molar refractivity (Wildman–Crippen MR) is 159 cm³/mol. The van der Waals surface area contributed by atoms with E-state index in [0.717, 1.165) is 22.2 Å². The number of sulfonamides is 1. The van der Waals surface area contributed by atoms with Gasteiger partial charge in [0.25, 0.3) is 0 Å². The van der Waals surface area contributed by atoms with E-state index >= 15 is 0 Å². The number of benzene rings is 3. The van der Waals surface area contributed by atoms with E-state index in [0.29, 0.717) is 43.0 Å². The molecule has 12 heteroatoms. The number of rotatable bonds is 8. The highest BCUT2D eigenvalue weighted by Crippen LogP contribution is 2.34. The molecule has 1 fully saturated rings. The van der Waals surface area contributed by atoms with E-state index < -0.39 is 15.3 Å². The van der Waals surface area contributed by atoms with E-state index in [-0.39, 0.29) is 10.8 Å². The Morgan fingerprint density at radius 3 is 2.44 bits per heavy atom. The average Bonchev–Trinajstić information content (AvgIpc) is 3.62. The van der Waals surface area contributed by atoms with Gasteiger partial charge in [-0.05, 0) is 49.4 Å². The van der Waals surface area contributed by atoms with E-state index in [1.807, 2.05) is 65.4 Å². The van der Waals surface area contributed by atoms with Crippen LogP contribution in [0.2, 0.25) is 0 Å². The Balaban J connectivity index is 1.21. The molecule has 1 saturated heterocycles. The average molecular weight is 589 g/mol. The van der Waals surface area contributed by atoms with Crippen LogP contribution in [0.5, 0.6) is 0 Å². The standard InChI is InChI=1S/C29H28N6O4S2/c1-20(28(36)31-21-11-13-23(14-12-21)41(37,38)34-15-17-39-18-16-34)40-29-33-32-27(35(29)22-7-3-2-4-8-22)25-19-30-26-10-6-5-9-24(25)26/h2-14,19-20,30H,15-18H2,1H3,(H,31,36). The number of nitrogens with zero attached hydrogens (tertiary/aromatic N) is 4. The molecule has 210 valence electrons. The molecule has 0 saturated carbocycles. The minimum Gasteiger partial charge on any atom is -0.379 e. The Labute approximate surface area is 241 Å². The zero-order valence-corrected chi connectivity index (χ0v) is 23.9. The summed E-state index contributed by atoms with van der Waals surface area (Å²) in [7, 11) is -3.61. The molecule has 3 heterocycles. The largest absolute Gasteiger partial charge is 0.379 e. The number of anilines is 1. The number of carbonyl (C=O) groups excluding carboxylic acids is 1. The van der Waals surface area contributed by atoms with Crippen LogP contribution in [0.25, 0.3) is 28.0 Å². The van der Waals surface area contributed by atoms with Gasteiger partial charge < -0.3 is 15.0 Å². The summed E-state index contributed by atoms with van der Waals surface area (Å²) in [4.78, 5) is 16.6. The number of thioether (sulfide) groups is 1. The second-order valence-corrected chi connectivity index (χ2v) is 12.8. The molecule has 2 N–H and O–H groups in total. The molecule has 1 unspecified atom stereocenters. The van der Waals surface area contributed by atoms with Gasteiger partial charge in [0.2, 0.25) is 15.9 Å². The van der Waals surface area contributed by atoms with Crippen molar-refractivity contribution in [2.45, 2.75) is 22.2 Å². The monoisotopic (exact) mass is 588 g/mol. The van der Waals surface area contributed by atoms with Gasteiger partial charge in [0.05, 0.1) is 23.4 Å². The van der Waals surface area contributed by atoms with Crippen LogP contribution in [0, 0.1) is 0 Å². The normalized spacial score (nSPS) is 15.1. The number of fused-ring (bicyclic) bond motifs is 1. The van der Waals surface area contributed by atoms with Crippen molar-refractivity contribution >= 4 is 44.3 Å². The minimum atomic E-state index is -3.61. The fraction of sp³-hybridized carbons (Fsp3) is 0.207. The lowest BCUT2D eigenvalue weighted by molar-refractivity contribution is -0.115. The first kappa shape index (κ1) is 27.2. The minimum absolute atomic E-state index is 0.181. The van der Waals surface area contributed by atoms with Gasteiger partial charge in [0, 0.05) is 47.1 Å². The maximum atomic E-state index is 13.2. The van der Waals surface area contributed by atoms with Gasteiger partial charge in [0.1, 0.15) is 0 Å². The van der Waals surface area contributed by atoms with Crippen LogP contribution in [-0.2, 0) is 19.6 Å². The molecule has 5 aromatic rings. The van der Waals surface area contributed by atoms with E-state index in [1.54, 1.807) is 19.1 Å². The van der Waals surface area contributed by atoms with E-state index in [4.69, 9.17) is 4.74 Å². The molecular weight excluding hydrogens is 560 g/mol. The molecule has 0 bridgehead atoms. The maximum Gasteiger partial charge on any atom is 0.243 e. The quantitative estimate of drug-likeness (QED) is 0.255. The third-order valence-electron chi connectivity index (χ3n) is 6.86. The summed E-state index contributed by atoms with van der Waals surface area (Å²) in [6, 6.07) is 24.0. The van der Waals surface area contributed by atoms with Crippen molar-refractivity contribution in [3.8, 4) is 17.1 Å². The van der Waals surface area contributed by atoms with Crippen molar-refractivity contribution in [1.29, 1.82) is 0 Å². The van der Waals surface area contributed by atoms with Crippen molar-refractivity contribution in [1.82, 2.24) is 24.1 Å². The Kier molecular flexibility index (Phi) is 7.63. The molecule has 1 atom stereocenters. The molecule has 1 amide bonds. The molecule has 41 heavy (non-hydrogen) atoms. The summed E-state index contributed by atoms with van der Waals surface area (Å²) in [5, 5.41) is 13.0. The number of hydrogen-bond donors (Lipinski definition) is 2. The third-order valence-corrected chi connectivity index (χ3v) is 9.81. The van der Waals surface area contributed by atoms with Crippen LogP contribution < -0.4 is 5.32 Å². The van der Waals surface area contributed by atoms with Gasteiger partial charge in [-0.25, -0.2) is 8.42 Å². The number of aromatic nitrogens is 4. The number of amides is 1. The van der Waals surface area contributed by atoms with Crippen LogP contribution in [0.15, 0.2) is 95.1 Å². The number of para-hydroxylation sites is 2. The summed E-state index contributed by atoms with van der Waals surface area (Å²) in [6.45, 7) is 3.21. The first-order chi connectivity index (χ1) is 19.9. The number of aromatic amines is 1. The van der Waals surface area contributed by atoms with E-state index in [1.165, 1.54) is 28.2 Å². The predicted octanol–water partition coefficient (Wildman–Crippen LogP) is 4.56. The lowest BCUT2D eigenvalue weighted by Gasteiger charge is -2.26. The summed E-state index contributed by atoms with van der Waals surface area (Å²) < 4.78 is 34.4. The fourth-order valence-corrected chi connectivity index (χ4v) is 6.96. The second kappa shape index (κ2) is 11.5. The zero-order valence-electron chi connectivity index (χ0n) is 22.2. The number of morpholine rings is 1. The SMILES string of the molecule is CC(Sc1nnc(-c2c[nH]c3ccccc23)n1-c1ccccc1)C(=O)Nc1ccc(S(=O)(=O)N2CCOCC2)cc1. The van der Waals surface area contributed by atoms with Gasteiger partial charge in [-0.3, -0.25) is 9.36 Å². The Morgan fingerprint density at radius 2 is 1.68 bits per heavy atom. The number of hydrogen-bond acceptors (Lipinski definition) is 7. The zero-order chi connectivity index (χ0) is 28.4. The van der Waals surface area contributed by atoms with E-state index in [9.17, 15) is 13.2 Å². The van der Waals surface area contributed by atoms with Crippen molar-refractivity contribution < 1.29 is 17.9 Å². The second-order valence-electron chi connectivity index (χ2n) is 9.52. The lowest BCUT2D eigenvalue weighted by Crippen LogP contribution is -2.40. The maximum absolute atomic E-state index is 13.2. The Hall–Kier alpha value is -3.97. The van der Waals surface area contributed by atoms with Gasteiger partial charge in [-0.1, -0.05) is 48.2 Å². The number of H-pyrrole nitrogens is 1. The Morgan fingerprint density at radius 1 is 0.976 bits per heavy atom. The first-order valence-electron chi connectivity index (χ1n) is 13.1. The molecule has 1 aliphatic heterocycles. The molecule has 2 aromatic heterocycles. The lowest BCUT2D eigenvalue weighted by atomic mass is 10.1. The molecule has 10 nitrogen and oxygen atoms in total. The number of ether oxygens (including phenoxy) is 1. The Bertz CT molecular complexity index is 1780. The summed E-state index contributed by atoms with van der Waals surface area (Å²) >= 11 is 1.29. The van der Waals surface area contributed by atoms with Crippen LogP contribution >= 0.6 is 11.8 Å². The number of carbonyl (C=O) groups is 1. The number of nitrogens with one attached hydrogen (secondary N) is 2. The molecule has 3 aromatic carbocycles. The highest BCUT2D eigenvalue weighted by Gasteiger charge is 2.27. The topological polar surface area (TPSA) is 122 Å². The van der Waals surface area contributed by atoms with E-state index in [2.05, 4.69) is 20.5 Å². The van der Waals surface area contributed by atoms with Gasteiger partial charge in [-0.2, -0.15) is 4.31 Å². The van der Waals surface area contributed by atoms with Crippen molar-refractivity contribution in [3.63, 3.8) is 0 Å². The molecule has 0 spiro atoms. The van der Waals surface area contributed by atoms with Crippen molar-refractivity contribution in [3.05, 3.63) is 85.1 Å². The molecule has 0 aliphatic carbocycles. The van der Waals surface area contributed by atoms with Crippen LogP contribution in [0.4, 0.5) is 5.69 Å². The summed E-state index contributed by atoms with van der Waals surface area (Å²) in [5.74, 6) is 0.427. The van der Waals surface area contributed by atoms with Crippen LogP contribution in [0.3, 0.4) is 0 Å². The molecular formula is C29H28N6O4S2. The highest BCUT2D eigenvalue weighted by molar-refractivity contribution is 8.00. The smallest absolute Gasteiger partial charge is 0.243 e. The van der Waals surface area contributed by atoms with Gasteiger partial charge >= 0.3 is 0 Å². The van der Waals surface area contributed by atoms with Crippen LogP contribution in [0.1, 0.15) is 6.92 Å². The van der Waals surface area contributed by atoms with Crippen LogP contribution in [-0.4, -0.2) is 69.9 Å². The molecule has 6 rings (SSSR count). The summed E-state index contributed by atoms with van der Waals surface area (Å²) in [6.07, 6.45) is 1.92. The molecule has 0 radical (unpaired) electrons. The summed E-state index contributed by atoms with van der Waals surface area (Å²) in [5.41, 5.74) is 3.29. The van der Waals surface area contributed by atoms with Crippen molar-refractivity contribution in [2.24, 2.45) is 0 Å². The van der Waals surface area contributed by atoms with Gasteiger partial charge in [-0.15, -0.1) is 10.2 Å².